The van der Waals surface area contributed by atoms with E-state index in [2.05, 4.69) is 10.3 Å². The fourth-order valence-corrected chi connectivity index (χ4v) is 4.43. The normalized spacial score (nSPS) is 21.7. The van der Waals surface area contributed by atoms with Gasteiger partial charge >= 0.3 is 0 Å². The van der Waals surface area contributed by atoms with E-state index in [1.807, 2.05) is 0 Å². The van der Waals surface area contributed by atoms with Crippen molar-refractivity contribution in [3.63, 3.8) is 0 Å². The van der Waals surface area contributed by atoms with Gasteiger partial charge in [-0.1, -0.05) is 0 Å². The number of aromatic nitrogens is 1. The molecule has 2 aliphatic heterocycles. The summed E-state index contributed by atoms with van der Waals surface area (Å²) in [5, 5.41) is 3.16. The molecule has 0 bridgehead atoms. The molecule has 1 amide bonds. The van der Waals surface area contributed by atoms with Gasteiger partial charge in [-0.05, 0) is 31.9 Å². The molecule has 3 heterocycles. The first kappa shape index (κ1) is 18.3. The molecule has 2 N–H and O–H groups in total. The summed E-state index contributed by atoms with van der Waals surface area (Å²) in [4.78, 5) is 17.0. The zero-order valence-electron chi connectivity index (χ0n) is 13.1. The molecule has 0 spiro atoms. The van der Waals surface area contributed by atoms with Gasteiger partial charge in [-0.3, -0.25) is 4.79 Å². The van der Waals surface area contributed by atoms with Gasteiger partial charge in [-0.15, -0.1) is 12.4 Å². The van der Waals surface area contributed by atoms with Crippen LogP contribution >= 0.6 is 12.4 Å². The minimum atomic E-state index is -3.57. The number of carbonyl (C=O) groups is 1. The number of rotatable bonds is 4. The molecule has 1 atom stereocenters. The molecule has 3 rings (SSSR count). The number of hydrogen-bond donors (Lipinski definition) is 2. The van der Waals surface area contributed by atoms with Gasteiger partial charge in [0.25, 0.3) is 5.91 Å². The van der Waals surface area contributed by atoms with Crippen molar-refractivity contribution in [2.45, 2.75) is 30.2 Å². The lowest BCUT2D eigenvalue weighted by molar-refractivity contribution is 0.0787. The smallest absolute Gasteiger partial charge is 0.270 e. The van der Waals surface area contributed by atoms with Gasteiger partial charge in [0.2, 0.25) is 10.0 Å². The molecule has 0 aliphatic carbocycles. The average Bonchev–Trinajstić information content (AvgIpc) is 3.27. The molecule has 23 heavy (non-hydrogen) atoms. The van der Waals surface area contributed by atoms with Crippen molar-refractivity contribution < 1.29 is 13.2 Å². The van der Waals surface area contributed by atoms with Crippen LogP contribution in [-0.2, 0) is 10.0 Å². The second kappa shape index (κ2) is 7.21. The average molecular weight is 363 g/mol. The molecule has 2 saturated heterocycles. The van der Waals surface area contributed by atoms with Crippen molar-refractivity contribution in [1.29, 1.82) is 0 Å². The predicted molar refractivity (Wildman–Crippen MR) is 89.4 cm³/mol. The van der Waals surface area contributed by atoms with Crippen LogP contribution in [0.3, 0.4) is 0 Å². The third-order valence-corrected chi connectivity index (χ3v) is 6.39. The molecule has 9 heteroatoms. The minimum absolute atomic E-state index is 0. The Morgan fingerprint density at radius 2 is 2.04 bits per heavy atom. The fraction of sp³-hybridized carbons (Fsp3) is 0.643. The number of aromatic amines is 1. The van der Waals surface area contributed by atoms with Crippen LogP contribution in [0.4, 0.5) is 0 Å². The largest absolute Gasteiger partial charge is 0.356 e. The Morgan fingerprint density at radius 1 is 1.35 bits per heavy atom. The van der Waals surface area contributed by atoms with Crippen molar-refractivity contribution in [1.82, 2.24) is 19.5 Å². The second-order valence-corrected chi connectivity index (χ2v) is 7.91. The summed E-state index contributed by atoms with van der Waals surface area (Å²) in [5.41, 5.74) is 0.346. The lowest BCUT2D eigenvalue weighted by atomic mass is 10.3. The van der Waals surface area contributed by atoms with E-state index in [9.17, 15) is 13.2 Å². The van der Waals surface area contributed by atoms with Gasteiger partial charge in [-0.25, -0.2) is 8.42 Å². The van der Waals surface area contributed by atoms with E-state index in [-0.39, 0.29) is 29.3 Å². The highest BCUT2D eigenvalue weighted by Crippen LogP contribution is 2.21. The van der Waals surface area contributed by atoms with Crippen LogP contribution in [0.1, 0.15) is 29.8 Å². The molecule has 130 valence electrons. The van der Waals surface area contributed by atoms with Gasteiger partial charge < -0.3 is 15.2 Å². The highest BCUT2D eigenvalue weighted by Gasteiger charge is 2.31. The number of likely N-dealkylation sites (tertiary alicyclic amines) is 1. The van der Waals surface area contributed by atoms with E-state index in [4.69, 9.17) is 0 Å². The van der Waals surface area contributed by atoms with Crippen LogP contribution < -0.4 is 5.32 Å². The third-order valence-electron chi connectivity index (χ3n) is 4.51. The Labute approximate surface area is 142 Å². The number of likely N-dealkylation sites (N-methyl/N-ethyl adjacent to an activating group) is 1. The highest BCUT2D eigenvalue weighted by molar-refractivity contribution is 7.89. The van der Waals surface area contributed by atoms with Gasteiger partial charge in [0.15, 0.2) is 0 Å². The summed E-state index contributed by atoms with van der Waals surface area (Å²) in [6.45, 7) is 2.98. The maximum Gasteiger partial charge on any atom is 0.270 e. The summed E-state index contributed by atoms with van der Waals surface area (Å²) >= 11 is 0. The molecule has 7 nitrogen and oxygen atoms in total. The Balaban J connectivity index is 0.00000192. The van der Waals surface area contributed by atoms with E-state index >= 15 is 0 Å². The number of halogens is 1. The monoisotopic (exact) mass is 362 g/mol. The number of sulfonamides is 1. The summed E-state index contributed by atoms with van der Waals surface area (Å²) in [6, 6.07) is 1.42. The molecular weight excluding hydrogens is 340 g/mol. The summed E-state index contributed by atoms with van der Waals surface area (Å²) in [6.07, 6.45) is 4.24. The van der Waals surface area contributed by atoms with Gasteiger partial charge in [0.1, 0.15) is 10.6 Å². The van der Waals surface area contributed by atoms with Crippen LogP contribution in [0.5, 0.6) is 0 Å². The highest BCUT2D eigenvalue weighted by atomic mass is 35.5. The zero-order chi connectivity index (χ0) is 15.7. The van der Waals surface area contributed by atoms with Crippen molar-refractivity contribution in [3.05, 3.63) is 18.0 Å². The fourth-order valence-electron chi connectivity index (χ4n) is 3.05. The van der Waals surface area contributed by atoms with Crippen molar-refractivity contribution in [3.8, 4) is 0 Å². The van der Waals surface area contributed by atoms with Crippen LogP contribution in [0.15, 0.2) is 17.2 Å². The molecule has 2 fully saturated rings. The van der Waals surface area contributed by atoms with E-state index in [0.29, 0.717) is 12.2 Å². The first-order chi connectivity index (χ1) is 10.5. The van der Waals surface area contributed by atoms with Gasteiger partial charge in [0.05, 0.1) is 0 Å². The van der Waals surface area contributed by atoms with Crippen molar-refractivity contribution in [2.24, 2.45) is 0 Å². The first-order valence-electron chi connectivity index (χ1n) is 7.66. The Bertz CT molecular complexity index is 649. The van der Waals surface area contributed by atoms with E-state index in [0.717, 1.165) is 38.9 Å². The van der Waals surface area contributed by atoms with E-state index in [1.165, 1.54) is 16.6 Å². The molecular formula is C14H23ClN4O3S. The quantitative estimate of drug-likeness (QED) is 0.823. The van der Waals surface area contributed by atoms with Crippen LogP contribution in [0, 0.1) is 0 Å². The van der Waals surface area contributed by atoms with Crippen LogP contribution in [-0.4, -0.2) is 67.8 Å². The maximum atomic E-state index is 12.6. The third kappa shape index (κ3) is 3.55. The van der Waals surface area contributed by atoms with Gasteiger partial charge in [-0.2, -0.15) is 4.31 Å². The second-order valence-electron chi connectivity index (χ2n) is 5.92. The number of hydrogen-bond acceptors (Lipinski definition) is 4. The number of nitrogens with zero attached hydrogens (tertiary/aromatic N) is 2. The molecule has 0 saturated carbocycles. The topological polar surface area (TPSA) is 85.5 Å². The number of carbonyl (C=O) groups excluding carboxylic acids is 1. The number of amides is 1. The van der Waals surface area contributed by atoms with E-state index in [1.54, 1.807) is 11.9 Å². The lowest BCUT2D eigenvalue weighted by Crippen LogP contribution is -2.38. The Kier molecular flexibility index (Phi) is 5.72. The lowest BCUT2D eigenvalue weighted by Gasteiger charge is -2.22. The first-order valence-corrected chi connectivity index (χ1v) is 9.10. The molecule has 0 radical (unpaired) electrons. The molecule has 0 aromatic carbocycles. The van der Waals surface area contributed by atoms with E-state index < -0.39 is 10.0 Å². The SMILES string of the molecule is CN(C1CCNC1)S(=O)(=O)c1c[nH]c(C(=O)N2CCCC2)c1.Cl. The maximum absolute atomic E-state index is 12.6. The molecule has 1 unspecified atom stereocenters. The molecule has 1 aromatic heterocycles. The van der Waals surface area contributed by atoms with Crippen molar-refractivity contribution in [2.75, 3.05) is 33.2 Å². The summed E-state index contributed by atoms with van der Waals surface area (Å²) < 4.78 is 26.7. The van der Waals surface area contributed by atoms with Gasteiger partial charge in [0, 0.05) is 38.9 Å². The predicted octanol–water partition coefficient (Wildman–Crippen LogP) is 0.655. The van der Waals surface area contributed by atoms with Crippen LogP contribution in [0.25, 0.3) is 0 Å². The Morgan fingerprint density at radius 3 is 2.65 bits per heavy atom. The minimum Gasteiger partial charge on any atom is -0.356 e. The zero-order valence-corrected chi connectivity index (χ0v) is 14.8. The summed E-state index contributed by atoms with van der Waals surface area (Å²) in [5.74, 6) is -0.121. The number of nitrogens with one attached hydrogen (secondary N) is 2. The van der Waals surface area contributed by atoms with Crippen LogP contribution in [0.2, 0.25) is 0 Å². The Hall–Kier alpha value is -1.09. The molecule has 1 aromatic rings. The number of H-pyrrole nitrogens is 1. The summed E-state index contributed by atoms with van der Waals surface area (Å²) in [7, 11) is -1.97. The molecule has 2 aliphatic rings. The van der Waals surface area contributed by atoms with Crippen molar-refractivity contribution >= 4 is 28.3 Å². The standard InChI is InChI=1S/C14H22N4O3S.ClH/c1-17(11-4-5-15-9-11)22(20,21)12-8-13(16-10-12)14(19)18-6-2-3-7-18;/h8,10-11,15-16H,2-7,9H2,1H3;1H.